The van der Waals surface area contributed by atoms with Gasteiger partial charge in [0.15, 0.2) is 17.5 Å². The Morgan fingerprint density at radius 3 is 2.91 bits per heavy atom. The molecule has 2 aliphatic rings. The molecule has 33 heavy (non-hydrogen) atoms. The zero-order valence-electron chi connectivity index (χ0n) is 18.8. The van der Waals surface area contributed by atoms with Crippen molar-refractivity contribution < 1.29 is 36.8 Å². The number of halogens is 1. The molecule has 182 valence electrons. The second-order valence-electron chi connectivity index (χ2n) is 8.68. The molecule has 2 aromatic rings. The number of aromatic nitrogens is 3. The number of phosphoric ester groups is 1. The zero-order valence-corrected chi connectivity index (χ0v) is 19.7. The average Bonchev–Trinajstić information content (AvgIpc) is 3.27. The quantitative estimate of drug-likeness (QED) is 0.459. The maximum absolute atomic E-state index is 16.0. The van der Waals surface area contributed by atoms with Gasteiger partial charge in [0.25, 0.3) is 0 Å². The Hall–Kier alpha value is -2.11. The van der Waals surface area contributed by atoms with Gasteiger partial charge in [-0.15, -0.1) is 0 Å². The number of carbonyl (C=O) groups excluding carboxylic acids is 1. The van der Waals surface area contributed by atoms with Crippen molar-refractivity contribution in [1.82, 2.24) is 14.5 Å². The molecule has 11 nitrogen and oxygen atoms in total. The summed E-state index contributed by atoms with van der Waals surface area (Å²) in [5.74, 6) is -0.862. The van der Waals surface area contributed by atoms with Gasteiger partial charge in [0.2, 0.25) is 0 Å². The van der Waals surface area contributed by atoms with E-state index in [1.807, 2.05) is 0 Å². The van der Waals surface area contributed by atoms with Crippen LogP contribution in [-0.4, -0.2) is 57.7 Å². The van der Waals surface area contributed by atoms with Gasteiger partial charge in [0, 0.05) is 6.20 Å². The van der Waals surface area contributed by atoms with Gasteiger partial charge in [-0.05, 0) is 33.3 Å². The molecule has 0 aromatic carbocycles. The molecule has 0 aliphatic carbocycles. The van der Waals surface area contributed by atoms with Gasteiger partial charge in [0.1, 0.15) is 17.7 Å². The van der Waals surface area contributed by atoms with Crippen molar-refractivity contribution in [3.05, 3.63) is 18.6 Å². The van der Waals surface area contributed by atoms with E-state index < -0.39 is 37.8 Å². The highest BCUT2D eigenvalue weighted by Gasteiger charge is 2.61. The van der Waals surface area contributed by atoms with Crippen LogP contribution in [0, 0.1) is 5.92 Å². The number of pyridine rings is 1. The molecule has 13 heteroatoms. The molecule has 2 N–H and O–H groups in total. The monoisotopic (exact) mass is 486 g/mol. The molecule has 4 heterocycles. The van der Waals surface area contributed by atoms with Crippen molar-refractivity contribution in [3.63, 3.8) is 0 Å². The fourth-order valence-corrected chi connectivity index (χ4v) is 5.32. The van der Waals surface area contributed by atoms with Crippen molar-refractivity contribution in [2.24, 2.45) is 5.92 Å². The number of fused-ring (bicyclic) bond motifs is 2. The third-order valence-electron chi connectivity index (χ3n) is 5.62. The van der Waals surface area contributed by atoms with Gasteiger partial charge >= 0.3 is 13.8 Å². The van der Waals surface area contributed by atoms with Crippen LogP contribution in [0.5, 0.6) is 0 Å². The van der Waals surface area contributed by atoms with E-state index in [9.17, 15) is 9.36 Å². The summed E-state index contributed by atoms with van der Waals surface area (Å²) < 4.78 is 57.5. The van der Waals surface area contributed by atoms with Gasteiger partial charge in [-0.25, -0.2) is 18.9 Å². The number of nitrogens with zero attached hydrogens (tertiary/aromatic N) is 3. The van der Waals surface area contributed by atoms with Gasteiger partial charge in [-0.3, -0.25) is 22.9 Å². The lowest BCUT2D eigenvalue weighted by atomic mass is 9.98. The van der Waals surface area contributed by atoms with Crippen LogP contribution < -0.4 is 5.73 Å². The van der Waals surface area contributed by atoms with Crippen LogP contribution in [0.25, 0.3) is 11.2 Å². The van der Waals surface area contributed by atoms with Crippen LogP contribution in [-0.2, 0) is 32.4 Å². The van der Waals surface area contributed by atoms with Gasteiger partial charge in [0.05, 0.1) is 37.3 Å². The molecule has 0 spiro atoms. The standard InChI is InChI=1S/C20H28FN4O7P/c1-11(2)30-18(26)12(3)6-8-28-33(27)29-9-14-16(32-33)20(4,21)19(31-14)25-10-24-15-13(22)5-7-23-17(15)25/h5,7,10-12,14,16,19H,6,8-9H2,1-4H3,(H2,22,23)/t12-,14-,16-,19-,20-,33-/m1/s1. The van der Waals surface area contributed by atoms with E-state index in [4.69, 9.17) is 28.8 Å². The van der Waals surface area contributed by atoms with Crippen molar-refractivity contribution in [3.8, 4) is 0 Å². The second kappa shape index (κ2) is 8.92. The maximum atomic E-state index is 16.0. The molecule has 4 rings (SSSR count). The highest BCUT2D eigenvalue weighted by atomic mass is 31.2. The first-order chi connectivity index (χ1) is 15.5. The minimum atomic E-state index is -4.07. The van der Waals surface area contributed by atoms with Crippen molar-refractivity contribution >= 4 is 30.6 Å². The highest BCUT2D eigenvalue weighted by molar-refractivity contribution is 7.48. The third-order valence-corrected chi connectivity index (χ3v) is 7.07. The number of nitrogens with two attached hydrogens (primary N) is 1. The Balaban J connectivity index is 1.43. The Kier molecular flexibility index (Phi) is 6.49. The number of imidazole rings is 1. The number of hydrogen-bond donors (Lipinski definition) is 1. The van der Waals surface area contributed by atoms with Crippen LogP contribution in [0.1, 0.15) is 40.3 Å². The van der Waals surface area contributed by atoms with E-state index in [1.165, 1.54) is 24.0 Å². The summed E-state index contributed by atoms with van der Waals surface area (Å²) in [6.45, 7) is 6.19. The largest absolute Gasteiger partial charge is 0.475 e. The number of hydrogen-bond acceptors (Lipinski definition) is 10. The number of anilines is 1. The third kappa shape index (κ3) is 4.63. The first-order valence-corrected chi connectivity index (χ1v) is 12.2. The molecule has 0 bridgehead atoms. The number of ether oxygens (including phenoxy) is 2. The molecule has 2 aliphatic heterocycles. The Bertz CT molecular complexity index is 1080. The highest BCUT2D eigenvalue weighted by Crippen LogP contribution is 2.59. The molecule has 2 aromatic heterocycles. The number of esters is 1. The Morgan fingerprint density at radius 2 is 2.18 bits per heavy atom. The SMILES string of the molecule is CC(C)OC(=O)[C@H](C)CCO[P@]1(=O)OC[C@H]2O[C@@H](n3cnc4c(N)ccnc43)[C@](C)(F)[C@@H]2O1. The summed E-state index contributed by atoms with van der Waals surface area (Å²) in [5.41, 5.74) is 4.98. The molecule has 0 radical (unpaired) electrons. The van der Waals surface area contributed by atoms with Crippen molar-refractivity contribution in [2.45, 2.75) is 64.3 Å². The molecule has 2 saturated heterocycles. The lowest BCUT2D eigenvalue weighted by molar-refractivity contribution is -0.152. The lowest BCUT2D eigenvalue weighted by Crippen LogP contribution is -2.44. The Labute approximate surface area is 190 Å². The van der Waals surface area contributed by atoms with E-state index in [-0.39, 0.29) is 31.7 Å². The van der Waals surface area contributed by atoms with Crippen LogP contribution >= 0.6 is 7.82 Å². The fraction of sp³-hybridized carbons (Fsp3) is 0.650. The minimum Gasteiger partial charge on any atom is -0.463 e. The molecule has 0 unspecified atom stereocenters. The van der Waals surface area contributed by atoms with Crippen molar-refractivity contribution in [2.75, 3.05) is 18.9 Å². The molecular weight excluding hydrogens is 458 g/mol. The summed E-state index contributed by atoms with van der Waals surface area (Å²) in [4.78, 5) is 20.4. The fourth-order valence-electron chi connectivity index (χ4n) is 3.84. The van der Waals surface area contributed by atoms with Crippen LogP contribution in [0.3, 0.4) is 0 Å². The molecule has 0 saturated carbocycles. The van der Waals surface area contributed by atoms with Crippen LogP contribution in [0.15, 0.2) is 18.6 Å². The summed E-state index contributed by atoms with van der Waals surface area (Å²) in [6, 6.07) is 1.59. The molecule has 6 atom stereocenters. The smallest absolute Gasteiger partial charge is 0.463 e. The first-order valence-electron chi connectivity index (χ1n) is 10.7. The summed E-state index contributed by atoms with van der Waals surface area (Å²) >= 11 is 0. The van der Waals surface area contributed by atoms with Crippen LogP contribution in [0.4, 0.5) is 10.1 Å². The number of rotatable bonds is 7. The number of nitrogen functional groups attached to an aromatic ring is 1. The minimum absolute atomic E-state index is 0.0916. The van der Waals surface area contributed by atoms with Crippen molar-refractivity contribution in [1.29, 1.82) is 0 Å². The molecule has 2 fully saturated rings. The average molecular weight is 486 g/mol. The molecular formula is C20H28FN4O7P. The van der Waals surface area contributed by atoms with E-state index >= 15 is 4.39 Å². The summed E-state index contributed by atoms with van der Waals surface area (Å²) in [6.07, 6.45) is -0.324. The van der Waals surface area contributed by atoms with E-state index in [0.717, 1.165) is 0 Å². The summed E-state index contributed by atoms with van der Waals surface area (Å²) in [7, 11) is -4.07. The van der Waals surface area contributed by atoms with Gasteiger partial charge < -0.3 is 15.2 Å². The summed E-state index contributed by atoms with van der Waals surface area (Å²) in [5, 5.41) is 0. The predicted molar refractivity (Wildman–Crippen MR) is 115 cm³/mol. The van der Waals surface area contributed by atoms with E-state index in [2.05, 4.69) is 9.97 Å². The number of carbonyl (C=O) groups is 1. The van der Waals surface area contributed by atoms with Gasteiger partial charge in [-0.1, -0.05) is 6.92 Å². The van der Waals surface area contributed by atoms with E-state index in [0.29, 0.717) is 16.9 Å². The first kappa shape index (κ1) is 24.0. The van der Waals surface area contributed by atoms with Crippen LogP contribution in [0.2, 0.25) is 0 Å². The topological polar surface area (TPSA) is 137 Å². The van der Waals surface area contributed by atoms with Gasteiger partial charge in [-0.2, -0.15) is 0 Å². The Morgan fingerprint density at radius 1 is 1.42 bits per heavy atom. The normalized spacial score (nSPS) is 32.7. The number of alkyl halides is 1. The predicted octanol–water partition coefficient (Wildman–Crippen LogP) is 3.16. The maximum Gasteiger partial charge on any atom is 0.475 e. The lowest BCUT2D eigenvalue weighted by Gasteiger charge is -2.33. The second-order valence-corrected chi connectivity index (χ2v) is 10.3. The zero-order chi connectivity index (χ0) is 24.0. The molecule has 0 amide bonds. The number of phosphoric acid groups is 1. The van der Waals surface area contributed by atoms with E-state index in [1.54, 1.807) is 26.8 Å².